The van der Waals surface area contributed by atoms with Crippen LogP contribution in [-0.2, 0) is 4.74 Å². The summed E-state index contributed by atoms with van der Waals surface area (Å²) in [4.78, 5) is 2.75. The largest absolute Gasteiger partial charge is 0.379 e. The number of hydrogen-bond donors (Lipinski definition) is 1. The highest BCUT2D eigenvalue weighted by molar-refractivity contribution is 4.95. The molecule has 0 aromatic carbocycles. The van der Waals surface area contributed by atoms with Gasteiger partial charge in [-0.2, -0.15) is 0 Å². The Labute approximate surface area is 119 Å². The van der Waals surface area contributed by atoms with E-state index in [-0.39, 0.29) is 5.60 Å². The van der Waals surface area contributed by atoms with E-state index in [9.17, 15) is 0 Å². The summed E-state index contributed by atoms with van der Waals surface area (Å²) in [5.74, 6) is 0.959. The quantitative estimate of drug-likeness (QED) is 0.768. The first kappa shape index (κ1) is 15.3. The van der Waals surface area contributed by atoms with Gasteiger partial charge in [0.2, 0.25) is 0 Å². The highest BCUT2D eigenvalue weighted by Crippen LogP contribution is 2.36. The second kappa shape index (κ2) is 6.55. The molecule has 0 radical (unpaired) electrons. The zero-order valence-corrected chi connectivity index (χ0v) is 13.2. The summed E-state index contributed by atoms with van der Waals surface area (Å²) in [5.41, 5.74) is 0.0131. The van der Waals surface area contributed by atoms with Crippen molar-refractivity contribution < 1.29 is 4.74 Å². The molecule has 3 heteroatoms. The van der Waals surface area contributed by atoms with Crippen molar-refractivity contribution >= 4 is 0 Å². The fourth-order valence-corrected chi connectivity index (χ4v) is 3.16. The first-order chi connectivity index (χ1) is 9.05. The van der Waals surface area contributed by atoms with Gasteiger partial charge < -0.3 is 10.1 Å². The van der Waals surface area contributed by atoms with Gasteiger partial charge in [0.25, 0.3) is 0 Å². The summed E-state index contributed by atoms with van der Waals surface area (Å²) in [6.07, 6.45) is 6.60. The van der Waals surface area contributed by atoms with Gasteiger partial charge in [-0.05, 0) is 45.4 Å². The van der Waals surface area contributed by atoms with Crippen LogP contribution in [0.4, 0.5) is 0 Å². The standard InChI is InChI=1S/C16H32N2O/c1-5-6-14-12-18(10-9-16(2,3)19-4)15(11-17-14)13-7-8-13/h13-15,17H,5-12H2,1-4H3. The number of methoxy groups -OCH3 is 1. The van der Waals surface area contributed by atoms with Crippen molar-refractivity contribution in [2.24, 2.45) is 5.92 Å². The molecule has 2 aliphatic rings. The van der Waals surface area contributed by atoms with E-state index in [1.807, 2.05) is 7.11 Å². The van der Waals surface area contributed by atoms with Crippen molar-refractivity contribution in [3.8, 4) is 0 Å². The second-order valence-corrected chi connectivity index (χ2v) is 7.01. The van der Waals surface area contributed by atoms with Gasteiger partial charge in [-0.25, -0.2) is 0 Å². The Bertz CT molecular complexity index is 276. The van der Waals surface area contributed by atoms with Crippen LogP contribution in [-0.4, -0.2) is 49.3 Å². The molecular formula is C16H32N2O. The summed E-state index contributed by atoms with van der Waals surface area (Å²) in [5, 5.41) is 3.76. The van der Waals surface area contributed by atoms with E-state index >= 15 is 0 Å². The predicted octanol–water partition coefficient (Wildman–Crippen LogP) is 2.65. The van der Waals surface area contributed by atoms with Gasteiger partial charge in [0.15, 0.2) is 0 Å². The first-order valence-corrected chi connectivity index (χ1v) is 8.08. The molecule has 2 fully saturated rings. The number of ether oxygens (including phenoxy) is 1. The monoisotopic (exact) mass is 268 g/mol. The number of hydrogen-bond acceptors (Lipinski definition) is 3. The molecule has 1 saturated heterocycles. The number of nitrogens with one attached hydrogen (secondary N) is 1. The molecule has 2 rings (SSSR count). The maximum atomic E-state index is 5.57. The summed E-state index contributed by atoms with van der Waals surface area (Å²) in [6, 6.07) is 1.48. The summed E-state index contributed by atoms with van der Waals surface area (Å²) in [7, 11) is 1.83. The lowest BCUT2D eigenvalue weighted by molar-refractivity contribution is -0.00208. The molecule has 2 unspecified atom stereocenters. The molecule has 1 heterocycles. The third-order valence-electron chi connectivity index (χ3n) is 4.90. The molecule has 1 aliphatic carbocycles. The lowest BCUT2D eigenvalue weighted by atomic mass is 9.99. The van der Waals surface area contributed by atoms with E-state index in [2.05, 4.69) is 31.0 Å². The minimum atomic E-state index is 0.0131. The van der Waals surface area contributed by atoms with E-state index in [0.29, 0.717) is 6.04 Å². The average molecular weight is 268 g/mol. The zero-order chi connectivity index (χ0) is 13.9. The maximum Gasteiger partial charge on any atom is 0.0634 e. The van der Waals surface area contributed by atoms with Gasteiger partial charge in [-0.3, -0.25) is 4.90 Å². The zero-order valence-electron chi connectivity index (χ0n) is 13.2. The van der Waals surface area contributed by atoms with Crippen LogP contribution < -0.4 is 5.32 Å². The lowest BCUT2D eigenvalue weighted by Crippen LogP contribution is -2.57. The van der Waals surface area contributed by atoms with Crippen LogP contribution in [0.15, 0.2) is 0 Å². The van der Waals surface area contributed by atoms with E-state index in [1.54, 1.807) is 0 Å². The van der Waals surface area contributed by atoms with E-state index in [1.165, 1.54) is 45.3 Å². The van der Waals surface area contributed by atoms with Crippen LogP contribution in [0.2, 0.25) is 0 Å². The van der Waals surface area contributed by atoms with Crippen molar-refractivity contribution in [2.45, 2.75) is 70.6 Å². The Morgan fingerprint density at radius 3 is 2.63 bits per heavy atom. The smallest absolute Gasteiger partial charge is 0.0634 e. The molecule has 0 bridgehead atoms. The van der Waals surface area contributed by atoms with Gasteiger partial charge in [0.1, 0.15) is 0 Å². The fraction of sp³-hybridized carbons (Fsp3) is 1.00. The van der Waals surface area contributed by atoms with Crippen LogP contribution >= 0.6 is 0 Å². The summed E-state index contributed by atoms with van der Waals surface area (Å²) in [6.45, 7) is 10.3. The molecule has 2 atom stereocenters. The topological polar surface area (TPSA) is 24.5 Å². The summed E-state index contributed by atoms with van der Waals surface area (Å²) < 4.78 is 5.57. The number of nitrogens with zero attached hydrogens (tertiary/aromatic N) is 1. The van der Waals surface area contributed by atoms with Gasteiger partial charge in [-0.1, -0.05) is 13.3 Å². The molecule has 3 nitrogen and oxygen atoms in total. The molecule has 0 aromatic rings. The highest BCUT2D eigenvalue weighted by atomic mass is 16.5. The van der Waals surface area contributed by atoms with Gasteiger partial charge in [-0.15, -0.1) is 0 Å². The van der Waals surface area contributed by atoms with Gasteiger partial charge in [0.05, 0.1) is 5.60 Å². The molecule has 0 spiro atoms. The Morgan fingerprint density at radius 2 is 2.05 bits per heavy atom. The van der Waals surface area contributed by atoms with Gasteiger partial charge >= 0.3 is 0 Å². The maximum absolute atomic E-state index is 5.57. The lowest BCUT2D eigenvalue weighted by Gasteiger charge is -2.42. The molecule has 1 N–H and O–H groups in total. The number of piperazine rings is 1. The first-order valence-electron chi connectivity index (χ1n) is 8.08. The molecule has 0 aromatic heterocycles. The average Bonchev–Trinajstić information content (AvgIpc) is 3.21. The van der Waals surface area contributed by atoms with E-state index < -0.39 is 0 Å². The Morgan fingerprint density at radius 1 is 1.32 bits per heavy atom. The Balaban J connectivity index is 1.87. The SMILES string of the molecule is CCCC1CN(CCC(C)(C)OC)C(C2CC2)CN1. The van der Waals surface area contributed by atoms with Crippen molar-refractivity contribution in [3.63, 3.8) is 0 Å². The van der Waals surface area contributed by atoms with Gasteiger partial charge in [0, 0.05) is 38.8 Å². The van der Waals surface area contributed by atoms with E-state index in [4.69, 9.17) is 4.74 Å². The van der Waals surface area contributed by atoms with Crippen molar-refractivity contribution in [3.05, 3.63) is 0 Å². The molecule has 0 amide bonds. The summed E-state index contributed by atoms with van der Waals surface area (Å²) >= 11 is 0. The Kier molecular flexibility index (Phi) is 5.27. The highest BCUT2D eigenvalue weighted by Gasteiger charge is 2.38. The Hall–Kier alpha value is -0.120. The third-order valence-corrected chi connectivity index (χ3v) is 4.90. The van der Waals surface area contributed by atoms with Crippen molar-refractivity contribution in [1.29, 1.82) is 0 Å². The normalized spacial score (nSPS) is 29.7. The van der Waals surface area contributed by atoms with Crippen LogP contribution in [0.5, 0.6) is 0 Å². The van der Waals surface area contributed by atoms with Crippen LogP contribution in [0.1, 0.15) is 52.9 Å². The predicted molar refractivity (Wildman–Crippen MR) is 80.5 cm³/mol. The van der Waals surface area contributed by atoms with Crippen LogP contribution in [0.25, 0.3) is 0 Å². The van der Waals surface area contributed by atoms with Crippen LogP contribution in [0.3, 0.4) is 0 Å². The van der Waals surface area contributed by atoms with E-state index in [0.717, 1.165) is 18.4 Å². The second-order valence-electron chi connectivity index (χ2n) is 7.01. The molecular weight excluding hydrogens is 236 g/mol. The molecule has 19 heavy (non-hydrogen) atoms. The van der Waals surface area contributed by atoms with Crippen molar-refractivity contribution in [2.75, 3.05) is 26.7 Å². The molecule has 1 saturated carbocycles. The molecule has 1 aliphatic heterocycles. The fourth-order valence-electron chi connectivity index (χ4n) is 3.16. The minimum Gasteiger partial charge on any atom is -0.379 e. The molecule has 112 valence electrons. The minimum absolute atomic E-state index is 0.0131. The number of rotatable bonds is 7. The third kappa shape index (κ3) is 4.44. The van der Waals surface area contributed by atoms with Crippen LogP contribution in [0, 0.1) is 5.92 Å². The van der Waals surface area contributed by atoms with Crippen molar-refractivity contribution in [1.82, 2.24) is 10.2 Å².